The molecule has 5 aromatic rings. The van der Waals surface area contributed by atoms with Crippen molar-refractivity contribution in [3.05, 3.63) is 45.5 Å². The molecule has 1 aliphatic heterocycles. The molecule has 6 rings (SSSR count). The van der Waals surface area contributed by atoms with Crippen LogP contribution < -0.4 is 9.47 Å². The number of ether oxygens (including phenoxy) is 3. The molecule has 12 heteroatoms. The second-order valence-corrected chi connectivity index (χ2v) is 11.5. The zero-order valence-corrected chi connectivity index (χ0v) is 22.9. The van der Waals surface area contributed by atoms with E-state index >= 15 is 0 Å². The third kappa shape index (κ3) is 4.55. The second-order valence-electron chi connectivity index (χ2n) is 9.67. The number of hydrogen-bond donors (Lipinski definition) is 1. The van der Waals surface area contributed by atoms with E-state index in [1.54, 1.807) is 30.0 Å². The number of aromatic nitrogens is 4. The van der Waals surface area contributed by atoms with E-state index in [0.29, 0.717) is 56.4 Å². The molecule has 0 spiro atoms. The standard InChI is InChI=1S/C26H27FN4O5S2/c1-13-8-26(32,9-14(2)35-13)24-29-16(12-37-24)11-34-20-5-17(33-4)6-21-18(20)7-22(36-21)19-10-28-25-31(19)30-23(38-25)15(3)27/h5-7,10,12-15,32H,8-9,11H2,1-4H3/t13?,14?,15-,26?/m0/s1. The minimum atomic E-state index is -1.18. The predicted molar refractivity (Wildman–Crippen MR) is 142 cm³/mol. The maximum atomic E-state index is 13.8. The molecule has 2 unspecified atom stereocenters. The summed E-state index contributed by atoms with van der Waals surface area (Å²) in [6.07, 6.45) is 1.40. The van der Waals surface area contributed by atoms with Crippen LogP contribution in [-0.2, 0) is 16.9 Å². The molecule has 1 aliphatic rings. The lowest BCUT2D eigenvalue weighted by atomic mass is 9.88. The fourth-order valence-electron chi connectivity index (χ4n) is 4.92. The number of thiazole rings is 1. The highest BCUT2D eigenvalue weighted by molar-refractivity contribution is 7.16. The Kier molecular flexibility index (Phi) is 6.37. The van der Waals surface area contributed by atoms with E-state index in [-0.39, 0.29) is 18.8 Å². The normalized spacial score (nSPS) is 22.8. The largest absolute Gasteiger partial charge is 0.496 e. The van der Waals surface area contributed by atoms with Crippen molar-refractivity contribution < 1.29 is 28.1 Å². The van der Waals surface area contributed by atoms with E-state index in [4.69, 9.17) is 23.6 Å². The summed E-state index contributed by atoms with van der Waals surface area (Å²) in [6.45, 7) is 5.59. The van der Waals surface area contributed by atoms with Gasteiger partial charge in [-0.25, -0.2) is 14.4 Å². The van der Waals surface area contributed by atoms with Crippen molar-refractivity contribution >= 4 is 38.6 Å². The summed E-state index contributed by atoms with van der Waals surface area (Å²) < 4.78 is 39.0. The van der Waals surface area contributed by atoms with E-state index in [9.17, 15) is 9.50 Å². The van der Waals surface area contributed by atoms with Gasteiger partial charge in [0.2, 0.25) is 4.96 Å². The number of benzene rings is 1. The quantitative estimate of drug-likeness (QED) is 0.257. The molecular formula is C26H27FN4O5S2. The fraction of sp³-hybridized carbons (Fsp3) is 0.423. The van der Waals surface area contributed by atoms with E-state index < -0.39 is 11.8 Å². The van der Waals surface area contributed by atoms with Crippen molar-refractivity contribution in [3.63, 3.8) is 0 Å². The minimum absolute atomic E-state index is 0.0408. The van der Waals surface area contributed by atoms with Crippen LogP contribution in [0.5, 0.6) is 11.5 Å². The van der Waals surface area contributed by atoms with Gasteiger partial charge >= 0.3 is 0 Å². The summed E-state index contributed by atoms with van der Waals surface area (Å²) in [6, 6.07) is 5.43. The molecule has 38 heavy (non-hydrogen) atoms. The van der Waals surface area contributed by atoms with Gasteiger partial charge in [0.15, 0.2) is 16.9 Å². The van der Waals surface area contributed by atoms with Gasteiger partial charge in [-0.2, -0.15) is 9.61 Å². The molecule has 1 saturated heterocycles. The van der Waals surface area contributed by atoms with E-state index in [1.165, 1.54) is 29.6 Å². The molecule has 0 aliphatic carbocycles. The van der Waals surface area contributed by atoms with Crippen molar-refractivity contribution in [2.24, 2.45) is 0 Å². The Balaban J connectivity index is 1.28. The van der Waals surface area contributed by atoms with Crippen LogP contribution in [-0.4, -0.2) is 44.0 Å². The number of hydrogen-bond acceptors (Lipinski definition) is 10. The first-order chi connectivity index (χ1) is 18.2. The number of nitrogens with zero attached hydrogens (tertiary/aromatic N) is 4. The molecular weight excluding hydrogens is 531 g/mol. The molecule has 0 bridgehead atoms. The van der Waals surface area contributed by atoms with E-state index in [2.05, 4.69) is 10.1 Å². The summed E-state index contributed by atoms with van der Waals surface area (Å²) in [5, 5.41) is 19.3. The molecule has 1 fully saturated rings. The van der Waals surface area contributed by atoms with Crippen LogP contribution in [0.1, 0.15) is 55.5 Å². The first-order valence-corrected chi connectivity index (χ1v) is 14.0. The maximum absolute atomic E-state index is 13.8. The Labute approximate surface area is 225 Å². The topological polar surface area (TPSA) is 104 Å². The van der Waals surface area contributed by atoms with E-state index in [1.807, 2.05) is 25.3 Å². The van der Waals surface area contributed by atoms with E-state index in [0.717, 1.165) is 11.1 Å². The van der Waals surface area contributed by atoms with Gasteiger partial charge in [0, 0.05) is 30.4 Å². The first kappa shape index (κ1) is 25.2. The van der Waals surface area contributed by atoms with Crippen molar-refractivity contribution in [2.75, 3.05) is 7.11 Å². The van der Waals surface area contributed by atoms with Crippen LogP contribution in [0.3, 0.4) is 0 Å². The van der Waals surface area contributed by atoms with Crippen LogP contribution in [0.2, 0.25) is 0 Å². The zero-order valence-electron chi connectivity index (χ0n) is 21.3. The number of fused-ring (bicyclic) bond motifs is 2. The lowest BCUT2D eigenvalue weighted by molar-refractivity contribution is -0.135. The number of halogens is 1. The lowest BCUT2D eigenvalue weighted by Crippen LogP contribution is -2.41. The molecule has 1 N–H and O–H groups in total. The highest BCUT2D eigenvalue weighted by atomic mass is 32.1. The molecule has 200 valence electrons. The van der Waals surface area contributed by atoms with Gasteiger partial charge in [0.05, 0.1) is 36.6 Å². The highest BCUT2D eigenvalue weighted by Gasteiger charge is 2.40. The number of imidazole rings is 1. The number of rotatable bonds is 7. The average Bonchev–Trinajstić information content (AvgIpc) is 3.64. The number of methoxy groups -OCH3 is 1. The number of aliphatic hydroxyl groups is 1. The molecule has 5 heterocycles. The Hall–Kier alpha value is -3.06. The Morgan fingerprint density at radius 1 is 1.26 bits per heavy atom. The summed E-state index contributed by atoms with van der Waals surface area (Å²) >= 11 is 2.63. The summed E-state index contributed by atoms with van der Waals surface area (Å²) in [4.78, 5) is 9.64. The Morgan fingerprint density at radius 3 is 2.79 bits per heavy atom. The van der Waals surface area contributed by atoms with Crippen LogP contribution in [0.4, 0.5) is 4.39 Å². The number of alkyl halides is 1. The first-order valence-electron chi connectivity index (χ1n) is 12.3. The fourth-order valence-corrected chi connectivity index (χ4v) is 6.65. The monoisotopic (exact) mass is 558 g/mol. The van der Waals surface area contributed by atoms with Gasteiger partial charge < -0.3 is 23.7 Å². The summed E-state index contributed by atoms with van der Waals surface area (Å²) in [5.74, 6) is 1.66. The van der Waals surface area contributed by atoms with Gasteiger partial charge in [0.1, 0.15) is 40.0 Å². The van der Waals surface area contributed by atoms with Gasteiger partial charge in [-0.15, -0.1) is 11.3 Å². The van der Waals surface area contributed by atoms with Crippen LogP contribution in [0, 0.1) is 0 Å². The molecule has 0 amide bonds. The van der Waals surface area contributed by atoms with Crippen molar-refractivity contribution in [1.82, 2.24) is 19.6 Å². The van der Waals surface area contributed by atoms with Crippen LogP contribution in [0.15, 0.2) is 34.2 Å². The molecule has 3 atom stereocenters. The molecule has 1 aromatic carbocycles. The summed E-state index contributed by atoms with van der Waals surface area (Å²) in [7, 11) is 1.58. The predicted octanol–water partition coefficient (Wildman–Crippen LogP) is 6.05. The lowest BCUT2D eigenvalue weighted by Gasteiger charge is -2.37. The maximum Gasteiger partial charge on any atom is 0.212 e. The van der Waals surface area contributed by atoms with Crippen molar-refractivity contribution in [2.45, 2.75) is 64.2 Å². The van der Waals surface area contributed by atoms with Crippen molar-refractivity contribution in [3.8, 4) is 23.0 Å². The second kappa shape index (κ2) is 9.60. The van der Waals surface area contributed by atoms with Gasteiger partial charge in [-0.05, 0) is 26.8 Å². The minimum Gasteiger partial charge on any atom is -0.496 e. The van der Waals surface area contributed by atoms with Gasteiger partial charge in [0.25, 0.3) is 0 Å². The SMILES string of the molecule is COc1cc(OCc2csc(C3(O)CC(C)OC(C)C3)n2)c2cc(-c3cnc4sc([C@H](C)F)nn34)oc2c1. The Morgan fingerprint density at radius 2 is 2.05 bits per heavy atom. The third-order valence-corrected chi connectivity index (χ3v) is 8.70. The number of furan rings is 1. The van der Waals surface area contributed by atoms with Gasteiger partial charge in [-0.3, -0.25) is 0 Å². The zero-order chi connectivity index (χ0) is 26.6. The van der Waals surface area contributed by atoms with Crippen molar-refractivity contribution in [1.29, 1.82) is 0 Å². The third-order valence-electron chi connectivity index (χ3n) is 6.54. The Bertz CT molecular complexity index is 1600. The highest BCUT2D eigenvalue weighted by Crippen LogP contribution is 2.40. The summed E-state index contributed by atoms with van der Waals surface area (Å²) in [5.41, 5.74) is 0.894. The smallest absolute Gasteiger partial charge is 0.212 e. The van der Waals surface area contributed by atoms with Gasteiger partial charge in [-0.1, -0.05) is 11.3 Å². The molecule has 0 radical (unpaired) electrons. The van der Waals surface area contributed by atoms with Crippen LogP contribution >= 0.6 is 22.7 Å². The molecule has 4 aromatic heterocycles. The van der Waals surface area contributed by atoms with Crippen LogP contribution in [0.25, 0.3) is 27.4 Å². The molecule has 9 nitrogen and oxygen atoms in total. The molecule has 0 saturated carbocycles. The average molecular weight is 559 g/mol.